The van der Waals surface area contributed by atoms with E-state index in [4.69, 9.17) is 11.6 Å². The average molecular weight is 239 g/mol. The van der Waals surface area contributed by atoms with Gasteiger partial charge in [-0.05, 0) is 30.7 Å². The molecule has 0 aromatic heterocycles. The molecule has 2 atom stereocenters. The van der Waals surface area contributed by atoms with Gasteiger partial charge in [0.2, 0.25) is 0 Å². The third-order valence-electron chi connectivity index (χ3n) is 3.17. The van der Waals surface area contributed by atoms with Crippen molar-refractivity contribution < 1.29 is 0 Å². The van der Waals surface area contributed by atoms with Crippen molar-refractivity contribution in [2.75, 3.05) is 5.88 Å². The first-order valence-corrected chi connectivity index (χ1v) is 6.83. The van der Waals surface area contributed by atoms with Gasteiger partial charge in [0.05, 0.1) is 0 Å². The van der Waals surface area contributed by atoms with Crippen LogP contribution in [0.2, 0.25) is 0 Å². The van der Waals surface area contributed by atoms with Crippen molar-refractivity contribution >= 4 is 11.6 Å². The highest BCUT2D eigenvalue weighted by molar-refractivity contribution is 6.18. The number of aryl methyl sites for hydroxylation is 1. The molecule has 0 spiro atoms. The van der Waals surface area contributed by atoms with Crippen LogP contribution in [0, 0.1) is 12.8 Å². The van der Waals surface area contributed by atoms with Crippen molar-refractivity contribution in [1.29, 1.82) is 0 Å². The summed E-state index contributed by atoms with van der Waals surface area (Å²) in [6.07, 6.45) is 3.78. The molecular weight excluding hydrogens is 216 g/mol. The van der Waals surface area contributed by atoms with Crippen molar-refractivity contribution in [3.63, 3.8) is 0 Å². The maximum Gasteiger partial charge on any atom is 0.0292 e. The van der Waals surface area contributed by atoms with E-state index >= 15 is 0 Å². The van der Waals surface area contributed by atoms with Crippen molar-refractivity contribution in [2.45, 2.75) is 46.0 Å². The number of hydrogen-bond acceptors (Lipinski definition) is 0. The van der Waals surface area contributed by atoms with Crippen LogP contribution in [-0.2, 0) is 0 Å². The van der Waals surface area contributed by atoms with E-state index in [0.717, 1.165) is 11.8 Å². The van der Waals surface area contributed by atoms with Gasteiger partial charge in [-0.3, -0.25) is 0 Å². The van der Waals surface area contributed by atoms with Gasteiger partial charge in [0.15, 0.2) is 0 Å². The Bertz CT molecular complexity index is 306. The van der Waals surface area contributed by atoms with Gasteiger partial charge in [0, 0.05) is 5.88 Å². The highest BCUT2D eigenvalue weighted by Crippen LogP contribution is 2.27. The van der Waals surface area contributed by atoms with E-state index in [1.165, 1.54) is 30.4 Å². The molecule has 0 saturated heterocycles. The zero-order valence-corrected chi connectivity index (χ0v) is 11.4. The SMILES string of the molecule is CCCC(C)CC(CCl)c1cccc(C)c1. The lowest BCUT2D eigenvalue weighted by Gasteiger charge is -2.19. The summed E-state index contributed by atoms with van der Waals surface area (Å²) in [5.74, 6) is 2.02. The van der Waals surface area contributed by atoms with Crippen LogP contribution >= 0.6 is 11.6 Å². The lowest BCUT2D eigenvalue weighted by atomic mass is 9.88. The summed E-state index contributed by atoms with van der Waals surface area (Å²) < 4.78 is 0. The predicted octanol–water partition coefficient (Wildman–Crippen LogP) is 5.14. The summed E-state index contributed by atoms with van der Waals surface area (Å²) in [6.45, 7) is 6.72. The zero-order valence-electron chi connectivity index (χ0n) is 10.7. The molecule has 1 rings (SSSR count). The summed E-state index contributed by atoms with van der Waals surface area (Å²) in [4.78, 5) is 0. The number of rotatable bonds is 6. The lowest BCUT2D eigenvalue weighted by molar-refractivity contribution is 0.450. The predicted molar refractivity (Wildman–Crippen MR) is 73.3 cm³/mol. The fourth-order valence-electron chi connectivity index (χ4n) is 2.31. The highest BCUT2D eigenvalue weighted by atomic mass is 35.5. The first-order chi connectivity index (χ1) is 7.67. The Morgan fingerprint density at radius 3 is 2.62 bits per heavy atom. The molecule has 0 bridgehead atoms. The van der Waals surface area contributed by atoms with Gasteiger partial charge in [-0.25, -0.2) is 0 Å². The molecule has 0 aliphatic carbocycles. The van der Waals surface area contributed by atoms with Gasteiger partial charge in [-0.2, -0.15) is 0 Å². The molecule has 16 heavy (non-hydrogen) atoms. The maximum atomic E-state index is 6.10. The zero-order chi connectivity index (χ0) is 12.0. The lowest BCUT2D eigenvalue weighted by Crippen LogP contribution is -2.07. The molecule has 90 valence electrons. The van der Waals surface area contributed by atoms with E-state index in [1.807, 2.05) is 0 Å². The number of alkyl halides is 1. The Labute approximate surface area is 105 Å². The van der Waals surface area contributed by atoms with Crippen LogP contribution in [0.1, 0.15) is 50.2 Å². The maximum absolute atomic E-state index is 6.10. The van der Waals surface area contributed by atoms with Crippen LogP contribution in [-0.4, -0.2) is 5.88 Å². The third kappa shape index (κ3) is 4.17. The van der Waals surface area contributed by atoms with Gasteiger partial charge in [-0.15, -0.1) is 11.6 Å². The van der Waals surface area contributed by atoms with Crippen LogP contribution in [0.5, 0.6) is 0 Å². The van der Waals surface area contributed by atoms with Gasteiger partial charge in [-0.1, -0.05) is 56.5 Å². The molecule has 1 heteroatoms. The molecule has 0 aliphatic rings. The average Bonchev–Trinajstić information content (AvgIpc) is 2.26. The molecule has 0 fully saturated rings. The fourth-order valence-corrected chi connectivity index (χ4v) is 2.61. The van der Waals surface area contributed by atoms with Crippen molar-refractivity contribution in [1.82, 2.24) is 0 Å². The first kappa shape index (κ1) is 13.6. The summed E-state index contributed by atoms with van der Waals surface area (Å²) in [5, 5.41) is 0. The van der Waals surface area contributed by atoms with Gasteiger partial charge >= 0.3 is 0 Å². The molecule has 2 unspecified atom stereocenters. The van der Waals surface area contributed by atoms with Gasteiger partial charge < -0.3 is 0 Å². The van der Waals surface area contributed by atoms with Crippen LogP contribution in [0.4, 0.5) is 0 Å². The molecule has 0 radical (unpaired) electrons. The summed E-state index contributed by atoms with van der Waals surface area (Å²) in [6, 6.07) is 8.75. The number of halogens is 1. The molecular formula is C15H23Cl. The summed E-state index contributed by atoms with van der Waals surface area (Å²) in [5.41, 5.74) is 2.73. The second-order valence-electron chi connectivity index (χ2n) is 4.89. The second-order valence-corrected chi connectivity index (χ2v) is 5.20. The van der Waals surface area contributed by atoms with Crippen molar-refractivity contribution in [2.24, 2.45) is 5.92 Å². The molecule has 0 saturated carbocycles. The van der Waals surface area contributed by atoms with Crippen LogP contribution in [0.3, 0.4) is 0 Å². The number of hydrogen-bond donors (Lipinski definition) is 0. The van der Waals surface area contributed by atoms with Crippen molar-refractivity contribution in [3.05, 3.63) is 35.4 Å². The Morgan fingerprint density at radius 1 is 1.31 bits per heavy atom. The molecule has 0 nitrogen and oxygen atoms in total. The highest BCUT2D eigenvalue weighted by Gasteiger charge is 2.14. The Kier molecular flexibility index (Phi) is 5.90. The number of benzene rings is 1. The fraction of sp³-hybridized carbons (Fsp3) is 0.600. The molecule has 1 aromatic rings. The quantitative estimate of drug-likeness (QED) is 0.602. The second kappa shape index (κ2) is 6.96. The van der Waals surface area contributed by atoms with Crippen molar-refractivity contribution in [3.8, 4) is 0 Å². The molecule has 0 heterocycles. The van der Waals surface area contributed by atoms with E-state index in [9.17, 15) is 0 Å². The minimum absolute atomic E-state index is 0.517. The van der Waals surface area contributed by atoms with Crippen LogP contribution in [0.15, 0.2) is 24.3 Å². The van der Waals surface area contributed by atoms with Gasteiger partial charge in [0.1, 0.15) is 0 Å². The Balaban J connectivity index is 2.67. The van der Waals surface area contributed by atoms with E-state index in [0.29, 0.717) is 5.92 Å². The topological polar surface area (TPSA) is 0 Å². The van der Waals surface area contributed by atoms with Crippen LogP contribution < -0.4 is 0 Å². The van der Waals surface area contributed by atoms with E-state index in [1.54, 1.807) is 0 Å². The normalized spacial score (nSPS) is 14.8. The smallest absolute Gasteiger partial charge is 0.0292 e. The van der Waals surface area contributed by atoms with E-state index in [-0.39, 0.29) is 0 Å². The van der Waals surface area contributed by atoms with Crippen LogP contribution in [0.25, 0.3) is 0 Å². The minimum atomic E-state index is 0.517. The standard InChI is InChI=1S/C15H23Cl/c1-4-6-12(2)10-15(11-16)14-8-5-7-13(3)9-14/h5,7-9,12,15H,4,6,10-11H2,1-3H3. The van der Waals surface area contributed by atoms with E-state index < -0.39 is 0 Å². The third-order valence-corrected chi connectivity index (χ3v) is 3.54. The largest absolute Gasteiger partial charge is 0.126 e. The Hall–Kier alpha value is -0.490. The molecule has 1 aromatic carbocycles. The molecule has 0 amide bonds. The summed E-state index contributed by atoms with van der Waals surface area (Å²) >= 11 is 6.10. The molecule has 0 aliphatic heterocycles. The first-order valence-electron chi connectivity index (χ1n) is 6.29. The van der Waals surface area contributed by atoms with E-state index in [2.05, 4.69) is 45.0 Å². The summed E-state index contributed by atoms with van der Waals surface area (Å²) in [7, 11) is 0. The van der Waals surface area contributed by atoms with Gasteiger partial charge in [0.25, 0.3) is 0 Å². The minimum Gasteiger partial charge on any atom is -0.126 e. The monoisotopic (exact) mass is 238 g/mol. The molecule has 0 N–H and O–H groups in total. The Morgan fingerprint density at radius 2 is 2.06 bits per heavy atom.